The van der Waals surface area contributed by atoms with Crippen LogP contribution >= 0.6 is 23.2 Å². The Kier molecular flexibility index (Phi) is 5.86. The van der Waals surface area contributed by atoms with E-state index in [1.807, 2.05) is 19.1 Å². The fourth-order valence-electron chi connectivity index (χ4n) is 4.47. The molecule has 8 nitrogen and oxygen atoms in total. The van der Waals surface area contributed by atoms with Gasteiger partial charge in [0.1, 0.15) is 5.15 Å². The van der Waals surface area contributed by atoms with E-state index >= 15 is 0 Å². The number of hydrogen-bond donors (Lipinski definition) is 2. The molecular weight excluding hydrogens is 489 g/mol. The molecule has 0 unspecified atom stereocenters. The number of fused-ring (bicyclic) bond motifs is 2. The molecule has 1 aliphatic heterocycles. The predicted octanol–water partition coefficient (Wildman–Crippen LogP) is 5.03. The standard InChI is InChI=1S/C25H21Cl2N5O3/c1-13(28-19-7-8-20(27)29-22(19)24(34)35)17-9-16(26)10-18-21(17)30-25(31(2)23(18)33)32-11-14-5-3-4-6-15(14)12-32/h3-10,13,28H,11-12H2,1-2H3,(H,34,35)/t13-/m1/s1. The van der Waals surface area contributed by atoms with Crippen molar-refractivity contribution in [3.8, 4) is 0 Å². The average molecular weight is 510 g/mol. The molecule has 35 heavy (non-hydrogen) atoms. The second-order valence-corrected chi connectivity index (χ2v) is 9.32. The number of benzene rings is 2. The maximum Gasteiger partial charge on any atom is 0.356 e. The van der Waals surface area contributed by atoms with Gasteiger partial charge >= 0.3 is 5.97 Å². The smallest absolute Gasteiger partial charge is 0.356 e. The summed E-state index contributed by atoms with van der Waals surface area (Å²) in [5.74, 6) is -0.658. The van der Waals surface area contributed by atoms with Gasteiger partial charge in [-0.15, -0.1) is 0 Å². The Morgan fingerprint density at radius 1 is 1.09 bits per heavy atom. The number of halogens is 2. The quantitative estimate of drug-likeness (QED) is 0.364. The maximum absolute atomic E-state index is 13.4. The SMILES string of the molecule is C[C@@H](Nc1ccc(Cl)nc1C(=O)O)c1cc(Cl)cc2c(=O)n(C)c(N3Cc4ccccc4C3)nc12. The largest absolute Gasteiger partial charge is 0.476 e. The second kappa shape index (κ2) is 8.87. The summed E-state index contributed by atoms with van der Waals surface area (Å²) in [5.41, 5.74) is 3.44. The van der Waals surface area contributed by atoms with Crippen LogP contribution in [-0.4, -0.2) is 25.6 Å². The van der Waals surface area contributed by atoms with Gasteiger partial charge in [-0.1, -0.05) is 47.5 Å². The number of carboxylic acid groups (broad SMARTS) is 1. The van der Waals surface area contributed by atoms with E-state index < -0.39 is 12.0 Å². The van der Waals surface area contributed by atoms with Gasteiger partial charge in [0.25, 0.3) is 5.56 Å². The van der Waals surface area contributed by atoms with Crippen LogP contribution in [0.2, 0.25) is 10.2 Å². The van der Waals surface area contributed by atoms with Crippen LogP contribution in [0.5, 0.6) is 0 Å². The third-order valence-corrected chi connectivity index (χ3v) is 6.61. The van der Waals surface area contributed by atoms with Gasteiger partial charge in [0, 0.05) is 30.7 Å². The van der Waals surface area contributed by atoms with E-state index in [9.17, 15) is 14.7 Å². The van der Waals surface area contributed by atoms with E-state index in [1.165, 1.54) is 21.8 Å². The number of aromatic nitrogens is 3. The molecule has 1 atom stereocenters. The molecule has 2 N–H and O–H groups in total. The Bertz CT molecular complexity index is 1530. The number of nitrogens with zero attached hydrogens (tertiary/aromatic N) is 4. The van der Waals surface area contributed by atoms with Crippen LogP contribution in [-0.2, 0) is 20.1 Å². The number of carbonyl (C=O) groups is 1. The fraction of sp³-hybridized carbons (Fsp3) is 0.200. The molecule has 3 heterocycles. The summed E-state index contributed by atoms with van der Waals surface area (Å²) >= 11 is 12.3. The lowest BCUT2D eigenvalue weighted by atomic mass is 10.0. The average Bonchev–Trinajstić information content (AvgIpc) is 3.26. The number of pyridine rings is 1. The van der Waals surface area contributed by atoms with Crippen LogP contribution in [0.3, 0.4) is 0 Å². The van der Waals surface area contributed by atoms with Crippen molar-refractivity contribution in [2.75, 3.05) is 10.2 Å². The second-order valence-electron chi connectivity index (χ2n) is 8.49. The lowest BCUT2D eigenvalue weighted by Gasteiger charge is -2.23. The van der Waals surface area contributed by atoms with Gasteiger partial charge in [-0.3, -0.25) is 9.36 Å². The Hall–Kier alpha value is -3.62. The zero-order valence-corrected chi connectivity index (χ0v) is 20.4. The van der Waals surface area contributed by atoms with Crippen LogP contribution in [0.1, 0.15) is 40.1 Å². The van der Waals surface area contributed by atoms with Gasteiger partial charge in [0.2, 0.25) is 5.95 Å². The lowest BCUT2D eigenvalue weighted by molar-refractivity contribution is 0.0691. The first-order valence-corrected chi connectivity index (χ1v) is 11.7. The monoisotopic (exact) mass is 509 g/mol. The zero-order chi connectivity index (χ0) is 24.9. The number of aromatic carboxylic acids is 1. The van der Waals surface area contributed by atoms with Gasteiger partial charge < -0.3 is 15.3 Å². The normalized spacial score (nSPS) is 13.7. The highest BCUT2D eigenvalue weighted by molar-refractivity contribution is 6.31. The summed E-state index contributed by atoms with van der Waals surface area (Å²) in [6, 6.07) is 14.1. The molecule has 4 aromatic rings. The van der Waals surface area contributed by atoms with Crippen molar-refractivity contribution in [1.82, 2.24) is 14.5 Å². The van der Waals surface area contributed by atoms with E-state index in [0.717, 1.165) is 0 Å². The molecular formula is C25H21Cl2N5O3. The minimum atomic E-state index is -1.21. The van der Waals surface area contributed by atoms with E-state index in [1.54, 1.807) is 25.2 Å². The summed E-state index contributed by atoms with van der Waals surface area (Å²) in [4.78, 5) is 35.9. The molecule has 178 valence electrons. The minimum absolute atomic E-state index is 0.0789. The van der Waals surface area contributed by atoms with Crippen LogP contribution < -0.4 is 15.8 Å². The van der Waals surface area contributed by atoms with Gasteiger partial charge in [-0.25, -0.2) is 14.8 Å². The number of anilines is 2. The van der Waals surface area contributed by atoms with Crippen molar-refractivity contribution in [1.29, 1.82) is 0 Å². The molecule has 0 amide bonds. The molecule has 0 fully saturated rings. The molecule has 0 aliphatic carbocycles. The minimum Gasteiger partial charge on any atom is -0.476 e. The lowest BCUT2D eigenvalue weighted by Crippen LogP contribution is -2.28. The highest BCUT2D eigenvalue weighted by Crippen LogP contribution is 2.32. The number of nitrogens with one attached hydrogen (secondary N) is 1. The highest BCUT2D eigenvalue weighted by atomic mass is 35.5. The van der Waals surface area contributed by atoms with E-state index in [-0.39, 0.29) is 16.4 Å². The molecule has 5 rings (SSSR count). The summed E-state index contributed by atoms with van der Waals surface area (Å²) in [6.45, 7) is 3.14. The molecule has 0 radical (unpaired) electrons. The van der Waals surface area contributed by atoms with Crippen molar-refractivity contribution in [3.05, 3.63) is 91.4 Å². The highest BCUT2D eigenvalue weighted by Gasteiger charge is 2.25. The van der Waals surface area contributed by atoms with Gasteiger partial charge in [-0.05, 0) is 42.3 Å². The molecule has 2 aromatic carbocycles. The molecule has 0 saturated carbocycles. The van der Waals surface area contributed by atoms with Gasteiger partial charge in [-0.2, -0.15) is 0 Å². The number of hydrogen-bond acceptors (Lipinski definition) is 6. The Labute approximate surface area is 210 Å². The van der Waals surface area contributed by atoms with Crippen molar-refractivity contribution in [2.24, 2.45) is 7.05 Å². The number of rotatable bonds is 5. The molecule has 0 bridgehead atoms. The van der Waals surface area contributed by atoms with Crippen molar-refractivity contribution in [3.63, 3.8) is 0 Å². The zero-order valence-electron chi connectivity index (χ0n) is 18.9. The number of carboxylic acids is 1. The predicted molar refractivity (Wildman–Crippen MR) is 137 cm³/mol. The molecule has 0 saturated heterocycles. The van der Waals surface area contributed by atoms with Crippen LogP contribution in [0, 0.1) is 0 Å². The van der Waals surface area contributed by atoms with Gasteiger partial charge in [0.05, 0.1) is 22.6 Å². The Morgan fingerprint density at radius 3 is 2.43 bits per heavy atom. The van der Waals surface area contributed by atoms with E-state index in [0.29, 0.717) is 46.2 Å². The summed E-state index contributed by atoms with van der Waals surface area (Å²) in [6.07, 6.45) is 0. The van der Waals surface area contributed by atoms with Crippen molar-refractivity contribution < 1.29 is 9.90 Å². The Balaban J connectivity index is 1.60. The van der Waals surface area contributed by atoms with Crippen LogP contribution in [0.25, 0.3) is 10.9 Å². The van der Waals surface area contributed by atoms with Crippen molar-refractivity contribution >= 4 is 51.7 Å². The summed E-state index contributed by atoms with van der Waals surface area (Å²) in [5, 5.41) is 13.6. The van der Waals surface area contributed by atoms with E-state index in [4.69, 9.17) is 28.2 Å². The first-order chi connectivity index (χ1) is 16.7. The molecule has 1 aliphatic rings. The van der Waals surface area contributed by atoms with Crippen LogP contribution in [0.4, 0.5) is 11.6 Å². The third-order valence-electron chi connectivity index (χ3n) is 6.18. The first kappa shape index (κ1) is 23.1. The Morgan fingerprint density at radius 2 is 1.77 bits per heavy atom. The topological polar surface area (TPSA) is 100 Å². The third kappa shape index (κ3) is 4.19. The first-order valence-electron chi connectivity index (χ1n) is 10.9. The van der Waals surface area contributed by atoms with Crippen LogP contribution in [0.15, 0.2) is 53.3 Å². The molecule has 2 aromatic heterocycles. The van der Waals surface area contributed by atoms with Gasteiger partial charge in [0.15, 0.2) is 5.69 Å². The van der Waals surface area contributed by atoms with E-state index in [2.05, 4.69) is 27.3 Å². The summed E-state index contributed by atoms with van der Waals surface area (Å²) in [7, 11) is 1.70. The fourth-order valence-corrected chi connectivity index (χ4v) is 4.84. The van der Waals surface area contributed by atoms with Crippen molar-refractivity contribution in [2.45, 2.75) is 26.1 Å². The summed E-state index contributed by atoms with van der Waals surface area (Å²) < 4.78 is 1.54. The molecule has 10 heteroatoms. The maximum atomic E-state index is 13.4. The molecule has 0 spiro atoms.